The zero-order valence-corrected chi connectivity index (χ0v) is 11.7. The summed E-state index contributed by atoms with van der Waals surface area (Å²) in [6.07, 6.45) is 4.64. The first-order chi connectivity index (χ1) is 9.10. The lowest BCUT2D eigenvalue weighted by Crippen LogP contribution is -2.22. The van der Waals surface area contributed by atoms with Crippen molar-refractivity contribution in [2.24, 2.45) is 11.8 Å². The molecule has 0 aliphatic heterocycles. The quantitative estimate of drug-likeness (QED) is 0.904. The summed E-state index contributed by atoms with van der Waals surface area (Å²) in [5, 5.41) is 9.01. The number of carboxylic acids is 1. The minimum absolute atomic E-state index is 0.129. The summed E-state index contributed by atoms with van der Waals surface area (Å²) in [7, 11) is 1.70. The Hall–Kier alpha value is -1.51. The fraction of sp³-hybridized carbons (Fsp3) is 0.562. The Kier molecular flexibility index (Phi) is 4.46. The molecule has 3 nitrogen and oxygen atoms in total. The van der Waals surface area contributed by atoms with Gasteiger partial charge in [0.05, 0.1) is 13.0 Å². The molecule has 0 bridgehead atoms. The molecule has 0 heterocycles. The Bertz CT molecular complexity index is 445. The molecule has 104 valence electrons. The molecule has 1 saturated carbocycles. The average Bonchev–Trinajstić information content (AvgIpc) is 2.39. The normalized spacial score (nSPS) is 23.1. The minimum Gasteiger partial charge on any atom is -0.496 e. The van der Waals surface area contributed by atoms with E-state index in [0.29, 0.717) is 5.92 Å². The number of rotatable bonds is 4. The predicted molar refractivity (Wildman–Crippen MR) is 74.5 cm³/mol. The SMILES string of the molecule is COc1ccc(C)cc1CC1CCC(C(=O)O)CC1. The maximum atomic E-state index is 10.9. The van der Waals surface area contributed by atoms with Crippen molar-refractivity contribution in [2.45, 2.75) is 39.0 Å². The Balaban J connectivity index is 1.99. The molecule has 2 rings (SSSR count). The largest absolute Gasteiger partial charge is 0.496 e. The highest BCUT2D eigenvalue weighted by Crippen LogP contribution is 2.33. The molecule has 1 fully saturated rings. The van der Waals surface area contributed by atoms with Gasteiger partial charge in [-0.3, -0.25) is 4.79 Å². The fourth-order valence-electron chi connectivity index (χ4n) is 2.99. The standard InChI is InChI=1S/C16H22O3/c1-11-3-8-15(19-2)14(9-11)10-12-4-6-13(7-5-12)16(17)18/h3,8-9,12-13H,4-7,10H2,1-2H3,(H,17,18). The van der Waals surface area contributed by atoms with E-state index in [4.69, 9.17) is 9.84 Å². The second-order valence-corrected chi connectivity index (χ2v) is 5.58. The molecule has 0 saturated heterocycles. The van der Waals surface area contributed by atoms with E-state index in [-0.39, 0.29) is 5.92 Å². The van der Waals surface area contributed by atoms with E-state index in [1.165, 1.54) is 11.1 Å². The van der Waals surface area contributed by atoms with Gasteiger partial charge in [-0.05, 0) is 56.6 Å². The number of benzene rings is 1. The van der Waals surface area contributed by atoms with Crippen molar-refractivity contribution in [3.05, 3.63) is 29.3 Å². The van der Waals surface area contributed by atoms with E-state index >= 15 is 0 Å². The number of ether oxygens (including phenoxy) is 1. The van der Waals surface area contributed by atoms with Gasteiger partial charge in [-0.15, -0.1) is 0 Å². The van der Waals surface area contributed by atoms with Crippen LogP contribution in [0.15, 0.2) is 18.2 Å². The van der Waals surface area contributed by atoms with E-state index in [1.54, 1.807) is 7.11 Å². The maximum absolute atomic E-state index is 10.9. The van der Waals surface area contributed by atoms with Crippen molar-refractivity contribution in [3.8, 4) is 5.75 Å². The third-order valence-electron chi connectivity index (χ3n) is 4.14. The summed E-state index contributed by atoms with van der Waals surface area (Å²) >= 11 is 0. The lowest BCUT2D eigenvalue weighted by molar-refractivity contribution is -0.143. The average molecular weight is 262 g/mol. The number of carbonyl (C=O) groups is 1. The van der Waals surface area contributed by atoms with Crippen LogP contribution in [0.4, 0.5) is 0 Å². The number of aryl methyl sites for hydroxylation is 1. The van der Waals surface area contributed by atoms with Crippen LogP contribution in [0.2, 0.25) is 0 Å². The molecule has 0 radical (unpaired) electrons. The van der Waals surface area contributed by atoms with Gasteiger partial charge in [0.25, 0.3) is 0 Å². The zero-order valence-electron chi connectivity index (χ0n) is 11.7. The van der Waals surface area contributed by atoms with Crippen molar-refractivity contribution < 1.29 is 14.6 Å². The topological polar surface area (TPSA) is 46.5 Å². The first-order valence-electron chi connectivity index (χ1n) is 6.96. The number of carboxylic acid groups (broad SMARTS) is 1. The van der Waals surface area contributed by atoms with Gasteiger partial charge in [0, 0.05) is 0 Å². The van der Waals surface area contributed by atoms with Crippen molar-refractivity contribution in [1.29, 1.82) is 0 Å². The lowest BCUT2D eigenvalue weighted by atomic mass is 9.79. The molecule has 1 aliphatic rings. The highest BCUT2D eigenvalue weighted by Gasteiger charge is 2.26. The third kappa shape index (κ3) is 3.49. The molecule has 0 amide bonds. The fourth-order valence-corrected chi connectivity index (χ4v) is 2.99. The molecule has 0 spiro atoms. The second-order valence-electron chi connectivity index (χ2n) is 5.58. The summed E-state index contributed by atoms with van der Waals surface area (Å²) in [5.74, 6) is 0.777. The van der Waals surface area contributed by atoms with Gasteiger partial charge in [0.2, 0.25) is 0 Å². The molecule has 0 aromatic heterocycles. The van der Waals surface area contributed by atoms with Crippen LogP contribution in [0.5, 0.6) is 5.75 Å². The Morgan fingerprint density at radius 3 is 2.58 bits per heavy atom. The number of methoxy groups -OCH3 is 1. The molecule has 1 aromatic rings. The first-order valence-corrected chi connectivity index (χ1v) is 6.96. The van der Waals surface area contributed by atoms with Crippen LogP contribution in [0.3, 0.4) is 0 Å². The van der Waals surface area contributed by atoms with Crippen LogP contribution in [0, 0.1) is 18.8 Å². The Morgan fingerprint density at radius 1 is 1.32 bits per heavy atom. The van der Waals surface area contributed by atoms with Crippen LogP contribution in [0.25, 0.3) is 0 Å². The molecule has 1 N–H and O–H groups in total. The Labute approximate surface area is 114 Å². The van der Waals surface area contributed by atoms with Gasteiger partial charge in [-0.2, -0.15) is 0 Å². The maximum Gasteiger partial charge on any atom is 0.306 e. The minimum atomic E-state index is -0.633. The van der Waals surface area contributed by atoms with E-state index in [2.05, 4.69) is 19.1 Å². The smallest absolute Gasteiger partial charge is 0.306 e. The van der Waals surface area contributed by atoms with Crippen molar-refractivity contribution in [2.75, 3.05) is 7.11 Å². The van der Waals surface area contributed by atoms with E-state index in [1.807, 2.05) is 6.07 Å². The van der Waals surface area contributed by atoms with Gasteiger partial charge in [0.15, 0.2) is 0 Å². The van der Waals surface area contributed by atoms with Gasteiger partial charge < -0.3 is 9.84 Å². The summed E-state index contributed by atoms with van der Waals surface area (Å²) in [4.78, 5) is 10.9. The summed E-state index contributed by atoms with van der Waals surface area (Å²) in [6.45, 7) is 2.09. The molecule has 0 atom stereocenters. The summed E-state index contributed by atoms with van der Waals surface area (Å²) < 4.78 is 5.41. The third-order valence-corrected chi connectivity index (χ3v) is 4.14. The van der Waals surface area contributed by atoms with E-state index in [0.717, 1.165) is 37.9 Å². The molecule has 1 aliphatic carbocycles. The van der Waals surface area contributed by atoms with Gasteiger partial charge in [0.1, 0.15) is 5.75 Å². The van der Waals surface area contributed by atoms with Crippen LogP contribution < -0.4 is 4.74 Å². The lowest BCUT2D eigenvalue weighted by Gasteiger charge is -2.26. The van der Waals surface area contributed by atoms with Crippen molar-refractivity contribution in [3.63, 3.8) is 0 Å². The zero-order chi connectivity index (χ0) is 13.8. The van der Waals surface area contributed by atoms with Crippen LogP contribution in [-0.4, -0.2) is 18.2 Å². The Morgan fingerprint density at radius 2 is 2.00 bits per heavy atom. The number of hydrogen-bond donors (Lipinski definition) is 1. The number of aliphatic carboxylic acids is 1. The highest BCUT2D eigenvalue weighted by molar-refractivity contribution is 5.70. The van der Waals surface area contributed by atoms with Crippen LogP contribution in [0.1, 0.15) is 36.8 Å². The van der Waals surface area contributed by atoms with Gasteiger partial charge in [-0.25, -0.2) is 0 Å². The van der Waals surface area contributed by atoms with Crippen molar-refractivity contribution >= 4 is 5.97 Å². The first kappa shape index (κ1) is 13.9. The van der Waals surface area contributed by atoms with Crippen molar-refractivity contribution in [1.82, 2.24) is 0 Å². The van der Waals surface area contributed by atoms with Crippen LogP contribution >= 0.6 is 0 Å². The highest BCUT2D eigenvalue weighted by atomic mass is 16.5. The monoisotopic (exact) mass is 262 g/mol. The summed E-state index contributed by atoms with van der Waals surface area (Å²) in [6, 6.07) is 6.26. The van der Waals surface area contributed by atoms with Gasteiger partial charge >= 0.3 is 5.97 Å². The van der Waals surface area contributed by atoms with Gasteiger partial charge in [-0.1, -0.05) is 17.7 Å². The molecule has 1 aromatic carbocycles. The molecule has 3 heteroatoms. The van der Waals surface area contributed by atoms with E-state index < -0.39 is 5.97 Å². The van der Waals surface area contributed by atoms with Crippen LogP contribution in [-0.2, 0) is 11.2 Å². The summed E-state index contributed by atoms with van der Waals surface area (Å²) in [5.41, 5.74) is 2.50. The predicted octanol–water partition coefficient (Wildman–Crippen LogP) is 3.44. The molecule has 19 heavy (non-hydrogen) atoms. The number of hydrogen-bond acceptors (Lipinski definition) is 2. The van der Waals surface area contributed by atoms with E-state index in [9.17, 15) is 4.79 Å². The molecular formula is C16H22O3. The molecular weight excluding hydrogens is 240 g/mol. The second kappa shape index (κ2) is 6.09. The molecule has 0 unspecified atom stereocenters.